The highest BCUT2D eigenvalue weighted by molar-refractivity contribution is 5.79. The summed E-state index contributed by atoms with van der Waals surface area (Å²) in [6.07, 6.45) is 3.11. The summed E-state index contributed by atoms with van der Waals surface area (Å²) >= 11 is 0. The lowest BCUT2D eigenvalue weighted by Gasteiger charge is -2.12. The molecular weight excluding hydrogens is 302 g/mol. The summed E-state index contributed by atoms with van der Waals surface area (Å²) < 4.78 is 11.0. The Morgan fingerprint density at radius 2 is 2.04 bits per heavy atom. The zero-order valence-corrected chi connectivity index (χ0v) is 15.0. The lowest BCUT2D eigenvalue weighted by Crippen LogP contribution is -2.39. The van der Waals surface area contributed by atoms with Crippen LogP contribution < -0.4 is 10.6 Å². The van der Waals surface area contributed by atoms with Crippen LogP contribution in [0.4, 0.5) is 0 Å². The summed E-state index contributed by atoms with van der Waals surface area (Å²) in [4.78, 5) is 4.25. The SMILES string of the molecule is CN=C(NCCCOCC1CCOC1)NCCc1ccc(C)cc1. The minimum Gasteiger partial charge on any atom is -0.381 e. The molecule has 5 heteroatoms. The normalized spacial score (nSPS) is 17.9. The number of rotatable bonds is 9. The minimum absolute atomic E-state index is 0.592. The first-order valence-corrected chi connectivity index (χ1v) is 8.93. The predicted molar refractivity (Wildman–Crippen MR) is 98.6 cm³/mol. The molecule has 1 aliphatic rings. The van der Waals surface area contributed by atoms with Crippen LogP contribution in [-0.4, -0.2) is 52.5 Å². The van der Waals surface area contributed by atoms with E-state index in [1.807, 2.05) is 0 Å². The van der Waals surface area contributed by atoms with Gasteiger partial charge < -0.3 is 20.1 Å². The molecule has 0 bridgehead atoms. The third kappa shape index (κ3) is 7.32. The quantitative estimate of drug-likeness (QED) is 0.413. The summed E-state index contributed by atoms with van der Waals surface area (Å²) in [5, 5.41) is 6.68. The van der Waals surface area contributed by atoms with Gasteiger partial charge in [-0.2, -0.15) is 0 Å². The summed E-state index contributed by atoms with van der Waals surface area (Å²) in [6, 6.07) is 8.67. The third-order valence-electron chi connectivity index (χ3n) is 4.19. The average molecular weight is 333 g/mol. The van der Waals surface area contributed by atoms with Gasteiger partial charge in [0.2, 0.25) is 0 Å². The Bertz CT molecular complexity index is 482. The second-order valence-electron chi connectivity index (χ2n) is 6.32. The number of aryl methyl sites for hydroxylation is 1. The lowest BCUT2D eigenvalue weighted by atomic mass is 10.1. The van der Waals surface area contributed by atoms with E-state index in [0.29, 0.717) is 5.92 Å². The van der Waals surface area contributed by atoms with E-state index in [4.69, 9.17) is 9.47 Å². The molecule has 0 aromatic heterocycles. The molecule has 24 heavy (non-hydrogen) atoms. The molecule has 0 radical (unpaired) electrons. The fourth-order valence-electron chi connectivity index (χ4n) is 2.65. The maximum absolute atomic E-state index is 5.70. The fraction of sp³-hybridized carbons (Fsp3) is 0.632. The molecule has 2 rings (SSSR count). The number of benzene rings is 1. The Labute approximate surface area is 145 Å². The zero-order valence-electron chi connectivity index (χ0n) is 15.0. The fourth-order valence-corrected chi connectivity index (χ4v) is 2.65. The lowest BCUT2D eigenvalue weighted by molar-refractivity contribution is 0.0888. The third-order valence-corrected chi connectivity index (χ3v) is 4.19. The van der Waals surface area contributed by atoms with Gasteiger partial charge in [0.05, 0.1) is 13.2 Å². The van der Waals surface area contributed by atoms with Crippen LogP contribution in [0.25, 0.3) is 0 Å². The summed E-state index contributed by atoms with van der Waals surface area (Å²) in [5.41, 5.74) is 2.64. The highest BCUT2D eigenvalue weighted by Crippen LogP contribution is 2.12. The van der Waals surface area contributed by atoms with E-state index in [1.54, 1.807) is 7.05 Å². The van der Waals surface area contributed by atoms with E-state index in [-0.39, 0.29) is 0 Å². The maximum Gasteiger partial charge on any atom is 0.190 e. The Hall–Kier alpha value is -1.59. The summed E-state index contributed by atoms with van der Waals surface area (Å²) in [6.45, 7) is 7.20. The first kappa shape index (κ1) is 18.7. The Morgan fingerprint density at radius 3 is 2.75 bits per heavy atom. The number of nitrogens with one attached hydrogen (secondary N) is 2. The summed E-state index contributed by atoms with van der Waals surface area (Å²) in [5.74, 6) is 1.44. The molecule has 0 amide bonds. The Balaban J connectivity index is 1.49. The average Bonchev–Trinajstić information content (AvgIpc) is 3.11. The molecule has 1 aromatic rings. The maximum atomic E-state index is 5.70. The molecule has 0 saturated carbocycles. The van der Waals surface area contributed by atoms with E-state index >= 15 is 0 Å². The largest absolute Gasteiger partial charge is 0.381 e. The molecule has 1 aliphatic heterocycles. The molecule has 1 unspecified atom stereocenters. The Kier molecular flexibility index (Phi) is 8.63. The van der Waals surface area contributed by atoms with Crippen molar-refractivity contribution < 1.29 is 9.47 Å². The predicted octanol–water partition coefficient (Wildman–Crippen LogP) is 2.15. The molecule has 1 atom stereocenters. The van der Waals surface area contributed by atoms with Crippen LogP contribution in [-0.2, 0) is 15.9 Å². The first-order valence-electron chi connectivity index (χ1n) is 8.93. The highest BCUT2D eigenvalue weighted by Gasteiger charge is 2.15. The molecule has 2 N–H and O–H groups in total. The molecule has 134 valence electrons. The van der Waals surface area contributed by atoms with Crippen molar-refractivity contribution in [1.29, 1.82) is 0 Å². The van der Waals surface area contributed by atoms with Crippen molar-refractivity contribution in [3.63, 3.8) is 0 Å². The topological polar surface area (TPSA) is 54.9 Å². The van der Waals surface area contributed by atoms with Crippen LogP contribution in [0.2, 0.25) is 0 Å². The van der Waals surface area contributed by atoms with Gasteiger partial charge >= 0.3 is 0 Å². The van der Waals surface area contributed by atoms with E-state index in [2.05, 4.69) is 46.8 Å². The van der Waals surface area contributed by atoms with Crippen molar-refractivity contribution in [2.45, 2.75) is 26.2 Å². The number of guanidine groups is 1. The molecule has 0 aliphatic carbocycles. The van der Waals surface area contributed by atoms with E-state index in [1.165, 1.54) is 11.1 Å². The van der Waals surface area contributed by atoms with Gasteiger partial charge in [0, 0.05) is 39.3 Å². The van der Waals surface area contributed by atoms with Crippen molar-refractivity contribution in [3.05, 3.63) is 35.4 Å². The van der Waals surface area contributed by atoms with Crippen molar-refractivity contribution in [1.82, 2.24) is 10.6 Å². The first-order chi connectivity index (χ1) is 11.8. The summed E-state index contributed by atoms with van der Waals surface area (Å²) in [7, 11) is 1.80. The zero-order chi connectivity index (χ0) is 17.0. The second-order valence-corrected chi connectivity index (χ2v) is 6.32. The van der Waals surface area contributed by atoms with E-state index in [0.717, 1.165) is 64.7 Å². The van der Waals surface area contributed by atoms with Crippen LogP contribution in [0.5, 0.6) is 0 Å². The van der Waals surface area contributed by atoms with Crippen molar-refractivity contribution in [3.8, 4) is 0 Å². The molecule has 1 heterocycles. The highest BCUT2D eigenvalue weighted by atomic mass is 16.5. The molecular formula is C19H31N3O2. The Morgan fingerprint density at radius 1 is 1.25 bits per heavy atom. The molecule has 5 nitrogen and oxygen atoms in total. The minimum atomic E-state index is 0.592. The van der Waals surface area contributed by atoms with Gasteiger partial charge in [0.1, 0.15) is 0 Å². The van der Waals surface area contributed by atoms with Gasteiger partial charge in [-0.05, 0) is 31.7 Å². The van der Waals surface area contributed by atoms with Crippen LogP contribution in [0.1, 0.15) is 24.0 Å². The van der Waals surface area contributed by atoms with Crippen LogP contribution >= 0.6 is 0 Å². The molecule has 1 aromatic carbocycles. The monoisotopic (exact) mass is 333 g/mol. The van der Waals surface area contributed by atoms with Crippen LogP contribution in [0.3, 0.4) is 0 Å². The van der Waals surface area contributed by atoms with E-state index in [9.17, 15) is 0 Å². The number of nitrogens with zero attached hydrogens (tertiary/aromatic N) is 1. The number of hydrogen-bond donors (Lipinski definition) is 2. The van der Waals surface area contributed by atoms with Gasteiger partial charge in [-0.1, -0.05) is 29.8 Å². The van der Waals surface area contributed by atoms with E-state index < -0.39 is 0 Å². The number of hydrogen-bond acceptors (Lipinski definition) is 3. The van der Waals surface area contributed by atoms with Gasteiger partial charge in [-0.15, -0.1) is 0 Å². The number of ether oxygens (including phenoxy) is 2. The molecule has 1 saturated heterocycles. The van der Waals surface area contributed by atoms with Crippen molar-refractivity contribution in [2.75, 3.05) is 46.6 Å². The van der Waals surface area contributed by atoms with Crippen molar-refractivity contribution in [2.24, 2.45) is 10.9 Å². The van der Waals surface area contributed by atoms with Gasteiger partial charge in [-0.3, -0.25) is 4.99 Å². The van der Waals surface area contributed by atoms with Crippen LogP contribution in [0, 0.1) is 12.8 Å². The molecule has 1 fully saturated rings. The van der Waals surface area contributed by atoms with Gasteiger partial charge in [0.25, 0.3) is 0 Å². The standard InChI is InChI=1S/C19H31N3O2/c1-16-4-6-17(7-5-16)8-11-22-19(20-2)21-10-3-12-23-14-18-9-13-24-15-18/h4-7,18H,3,8-15H2,1-2H3,(H2,20,21,22). The van der Waals surface area contributed by atoms with Crippen molar-refractivity contribution >= 4 is 5.96 Å². The smallest absolute Gasteiger partial charge is 0.190 e. The van der Waals surface area contributed by atoms with Gasteiger partial charge in [0.15, 0.2) is 5.96 Å². The molecule has 0 spiro atoms. The van der Waals surface area contributed by atoms with Crippen LogP contribution in [0.15, 0.2) is 29.3 Å². The second kappa shape index (κ2) is 11.0. The number of aliphatic imine (C=N–C) groups is 1. The van der Waals surface area contributed by atoms with Gasteiger partial charge in [-0.25, -0.2) is 0 Å².